The Hall–Kier alpha value is -1.89. The van der Waals surface area contributed by atoms with Gasteiger partial charge in [-0.1, -0.05) is 45.7 Å². The number of halogens is 2. The molecule has 2 aromatic rings. The molecule has 0 saturated carbocycles. The monoisotopic (exact) mass is 448 g/mol. The molecule has 2 aromatic carbocycles. The molecule has 1 N–H and O–H groups in total. The molecular weight excluding hydrogens is 430 g/mol. The Bertz CT molecular complexity index is 883. The van der Waals surface area contributed by atoms with Gasteiger partial charge in [-0.2, -0.15) is 0 Å². The summed E-state index contributed by atoms with van der Waals surface area (Å²) < 4.78 is 0.852. The summed E-state index contributed by atoms with van der Waals surface area (Å²) in [4.78, 5) is 30.3. The summed E-state index contributed by atoms with van der Waals surface area (Å²) in [5.74, 6) is -0.219. The Morgan fingerprint density at radius 2 is 1.78 bits per heavy atom. The highest BCUT2D eigenvalue weighted by atomic mass is 79.9. The molecule has 5 nitrogen and oxygen atoms in total. The van der Waals surface area contributed by atoms with E-state index in [-0.39, 0.29) is 24.3 Å². The van der Waals surface area contributed by atoms with Crippen LogP contribution in [-0.2, 0) is 9.59 Å². The zero-order chi connectivity index (χ0) is 19.0. The number of hydrogen-bond donors (Lipinski definition) is 1. The largest absolute Gasteiger partial charge is 0.359 e. The number of hydrogen-bond acceptors (Lipinski definition) is 3. The van der Waals surface area contributed by atoms with Crippen LogP contribution in [0.1, 0.15) is 6.42 Å². The highest BCUT2D eigenvalue weighted by Crippen LogP contribution is 2.26. The third-order valence-electron chi connectivity index (χ3n) is 5.30. The molecule has 2 saturated heterocycles. The Morgan fingerprint density at radius 3 is 2.48 bits per heavy atom. The van der Waals surface area contributed by atoms with Crippen LogP contribution >= 0.6 is 27.5 Å². The number of nitrogens with one attached hydrogen (secondary N) is 1. The van der Waals surface area contributed by atoms with Crippen molar-refractivity contribution in [2.24, 2.45) is 0 Å². The van der Waals surface area contributed by atoms with Gasteiger partial charge in [-0.05, 0) is 30.3 Å². The number of imide groups is 1. The highest BCUT2D eigenvalue weighted by Gasteiger charge is 2.46. The van der Waals surface area contributed by atoms with E-state index in [1.165, 1.54) is 9.80 Å². The van der Waals surface area contributed by atoms with Crippen molar-refractivity contribution >= 4 is 50.7 Å². The summed E-state index contributed by atoms with van der Waals surface area (Å²) in [6.45, 7) is 3.24. The molecule has 0 bridgehead atoms. The molecule has 0 radical (unpaired) electrons. The maximum Gasteiger partial charge on any atom is 0.292 e. The lowest BCUT2D eigenvalue weighted by Crippen LogP contribution is -3.19. The third kappa shape index (κ3) is 3.61. The first-order chi connectivity index (χ1) is 13.0. The van der Waals surface area contributed by atoms with Gasteiger partial charge in [-0.25, -0.2) is 4.90 Å². The molecule has 0 spiro atoms. The number of piperazine rings is 1. The Labute approximate surface area is 171 Å². The Morgan fingerprint density at radius 1 is 1.04 bits per heavy atom. The normalized spacial score (nSPS) is 21.2. The van der Waals surface area contributed by atoms with E-state index < -0.39 is 0 Å². The number of rotatable bonds is 3. The van der Waals surface area contributed by atoms with Gasteiger partial charge >= 0.3 is 0 Å². The van der Waals surface area contributed by atoms with Crippen molar-refractivity contribution < 1.29 is 14.5 Å². The molecule has 2 heterocycles. The van der Waals surface area contributed by atoms with Crippen LogP contribution < -0.4 is 14.7 Å². The van der Waals surface area contributed by atoms with Gasteiger partial charge in [0.25, 0.3) is 5.91 Å². The second-order valence-electron chi connectivity index (χ2n) is 6.90. The summed E-state index contributed by atoms with van der Waals surface area (Å²) >= 11 is 9.71. The molecule has 0 aliphatic carbocycles. The van der Waals surface area contributed by atoms with Crippen LogP contribution in [0.15, 0.2) is 53.0 Å². The Balaban J connectivity index is 1.45. The van der Waals surface area contributed by atoms with Crippen molar-refractivity contribution in [2.75, 3.05) is 36.0 Å². The number of nitrogens with zero attached hydrogens (tertiary/aromatic N) is 2. The average Bonchev–Trinajstić information content (AvgIpc) is 2.96. The predicted octanol–water partition coefficient (Wildman–Crippen LogP) is 2.14. The van der Waals surface area contributed by atoms with E-state index in [9.17, 15) is 9.59 Å². The van der Waals surface area contributed by atoms with E-state index in [2.05, 4.69) is 20.8 Å². The zero-order valence-electron chi connectivity index (χ0n) is 14.7. The number of amides is 2. The molecule has 140 valence electrons. The van der Waals surface area contributed by atoms with Crippen LogP contribution in [0.3, 0.4) is 0 Å². The molecule has 2 fully saturated rings. The van der Waals surface area contributed by atoms with Crippen molar-refractivity contribution in [2.45, 2.75) is 12.5 Å². The fourth-order valence-electron chi connectivity index (χ4n) is 3.93. The first kappa shape index (κ1) is 18.5. The summed E-state index contributed by atoms with van der Waals surface area (Å²) in [6.07, 6.45) is 0.271. The number of anilines is 2. The smallest absolute Gasteiger partial charge is 0.292 e. The van der Waals surface area contributed by atoms with E-state index in [0.717, 1.165) is 41.4 Å². The summed E-state index contributed by atoms with van der Waals surface area (Å²) in [5, 5.41) is 0.744. The van der Waals surface area contributed by atoms with E-state index in [1.54, 1.807) is 6.07 Å². The van der Waals surface area contributed by atoms with Crippen LogP contribution in [0.2, 0.25) is 5.02 Å². The van der Waals surface area contributed by atoms with E-state index in [4.69, 9.17) is 11.6 Å². The van der Waals surface area contributed by atoms with Gasteiger partial charge in [-0.3, -0.25) is 9.59 Å². The number of benzene rings is 2. The molecule has 1 atom stereocenters. The molecule has 7 heteroatoms. The topological polar surface area (TPSA) is 45.1 Å². The molecule has 2 amide bonds. The summed E-state index contributed by atoms with van der Waals surface area (Å²) in [6, 6.07) is 14.8. The van der Waals surface area contributed by atoms with Crippen LogP contribution in [0.4, 0.5) is 11.4 Å². The van der Waals surface area contributed by atoms with Gasteiger partial charge < -0.3 is 9.80 Å². The molecule has 27 heavy (non-hydrogen) atoms. The minimum atomic E-state index is -0.301. The fraction of sp³-hybridized carbons (Fsp3) is 0.300. The van der Waals surface area contributed by atoms with Crippen LogP contribution in [0, 0.1) is 0 Å². The van der Waals surface area contributed by atoms with Gasteiger partial charge in [0.05, 0.1) is 49.0 Å². The van der Waals surface area contributed by atoms with E-state index >= 15 is 0 Å². The molecule has 2 aliphatic rings. The van der Waals surface area contributed by atoms with E-state index in [1.807, 2.05) is 42.5 Å². The minimum Gasteiger partial charge on any atom is -0.359 e. The number of para-hydroxylation sites is 1. The summed E-state index contributed by atoms with van der Waals surface area (Å²) in [7, 11) is 0. The van der Waals surface area contributed by atoms with Crippen molar-refractivity contribution in [1.82, 2.24) is 0 Å². The summed E-state index contributed by atoms with van der Waals surface area (Å²) in [5.41, 5.74) is 1.67. The van der Waals surface area contributed by atoms with Gasteiger partial charge in [0.2, 0.25) is 5.91 Å². The van der Waals surface area contributed by atoms with Crippen LogP contribution in [-0.4, -0.2) is 44.0 Å². The van der Waals surface area contributed by atoms with Crippen molar-refractivity contribution in [1.29, 1.82) is 0 Å². The standard InChI is InChI=1S/C20H19BrClN3O2/c21-14-4-3-5-15(12-14)25-19(26)13-18(20(25)27)24-10-8-23(9-11-24)17-7-2-1-6-16(17)22/h1-7,12,18H,8-11,13H2/p+1/t18-/m1/s1. The van der Waals surface area contributed by atoms with Crippen molar-refractivity contribution in [3.63, 3.8) is 0 Å². The molecule has 0 aromatic heterocycles. The van der Waals surface area contributed by atoms with Crippen LogP contribution in [0.25, 0.3) is 0 Å². The van der Waals surface area contributed by atoms with E-state index in [0.29, 0.717) is 5.69 Å². The lowest BCUT2D eigenvalue weighted by atomic mass is 10.1. The van der Waals surface area contributed by atoms with Gasteiger partial charge in [-0.15, -0.1) is 0 Å². The highest BCUT2D eigenvalue weighted by molar-refractivity contribution is 9.10. The minimum absolute atomic E-state index is 0.0979. The molecule has 2 aliphatic heterocycles. The SMILES string of the molecule is O=C1C[C@@H]([NH+]2CCN(c3ccccc3Cl)CC2)C(=O)N1c1cccc(Br)c1. The van der Waals surface area contributed by atoms with Crippen LogP contribution in [0.5, 0.6) is 0 Å². The fourth-order valence-corrected chi connectivity index (χ4v) is 4.57. The quantitative estimate of drug-likeness (QED) is 0.730. The maximum atomic E-state index is 13.0. The lowest BCUT2D eigenvalue weighted by molar-refractivity contribution is -0.915. The first-order valence-corrected chi connectivity index (χ1v) is 10.2. The molecular formula is C20H20BrClN3O2+. The first-order valence-electron chi connectivity index (χ1n) is 9.01. The van der Waals surface area contributed by atoms with Gasteiger partial charge in [0.15, 0.2) is 6.04 Å². The maximum absolute atomic E-state index is 13.0. The second-order valence-corrected chi connectivity index (χ2v) is 8.22. The number of carbonyl (C=O) groups is 2. The second kappa shape index (κ2) is 7.62. The Kier molecular flexibility index (Phi) is 5.21. The lowest BCUT2D eigenvalue weighted by Gasteiger charge is -2.36. The van der Waals surface area contributed by atoms with Gasteiger partial charge in [0, 0.05) is 4.47 Å². The van der Waals surface area contributed by atoms with Crippen molar-refractivity contribution in [3.05, 3.63) is 58.0 Å². The van der Waals surface area contributed by atoms with Gasteiger partial charge in [0.1, 0.15) is 0 Å². The number of carbonyl (C=O) groups excluding carboxylic acids is 2. The van der Waals surface area contributed by atoms with Crippen molar-refractivity contribution in [3.8, 4) is 0 Å². The molecule has 4 rings (SSSR count). The molecule has 0 unspecified atom stereocenters. The predicted molar refractivity (Wildman–Crippen MR) is 109 cm³/mol. The average molecular weight is 450 g/mol. The number of quaternary nitrogens is 1. The zero-order valence-corrected chi connectivity index (χ0v) is 17.0. The third-order valence-corrected chi connectivity index (χ3v) is 6.12.